The smallest absolute Gasteiger partial charge is 0.155 e. The molecule has 0 amide bonds. The number of nitrogens with zero attached hydrogens (tertiary/aromatic N) is 3. The first-order valence-corrected chi connectivity index (χ1v) is 4.51. The second kappa shape index (κ2) is 3.21. The molecule has 2 aromatic heterocycles. The van der Waals surface area contributed by atoms with E-state index < -0.39 is 0 Å². The van der Waals surface area contributed by atoms with Gasteiger partial charge in [-0.2, -0.15) is 5.10 Å². The number of hydrogen-bond acceptors (Lipinski definition) is 3. The third kappa shape index (κ3) is 1.39. The maximum absolute atomic E-state index is 10.5. The van der Waals surface area contributed by atoms with Gasteiger partial charge in [0.25, 0.3) is 0 Å². The van der Waals surface area contributed by atoms with Crippen LogP contribution in [-0.2, 0) is 0 Å². The van der Waals surface area contributed by atoms with E-state index in [9.17, 15) is 4.79 Å². The molecule has 14 heavy (non-hydrogen) atoms. The van der Waals surface area contributed by atoms with Gasteiger partial charge in [-0.1, -0.05) is 13.8 Å². The first-order chi connectivity index (χ1) is 6.70. The molecule has 0 aliphatic heterocycles. The summed E-state index contributed by atoms with van der Waals surface area (Å²) in [6.07, 6.45) is 4.00. The summed E-state index contributed by atoms with van der Waals surface area (Å²) in [4.78, 5) is 14.6. The van der Waals surface area contributed by atoms with Gasteiger partial charge in [-0.25, -0.2) is 9.50 Å². The van der Waals surface area contributed by atoms with Crippen molar-refractivity contribution in [2.24, 2.45) is 0 Å². The zero-order valence-corrected chi connectivity index (χ0v) is 8.14. The van der Waals surface area contributed by atoms with Crippen molar-refractivity contribution in [3.05, 3.63) is 29.7 Å². The Bertz CT molecular complexity index is 473. The van der Waals surface area contributed by atoms with E-state index in [1.165, 1.54) is 0 Å². The minimum absolute atomic E-state index is 0.372. The molecular weight excluding hydrogens is 178 g/mol. The lowest BCUT2D eigenvalue weighted by molar-refractivity contribution is 0.112. The molecule has 72 valence electrons. The van der Waals surface area contributed by atoms with Gasteiger partial charge in [0.05, 0.1) is 11.3 Å². The van der Waals surface area contributed by atoms with E-state index in [4.69, 9.17) is 0 Å². The lowest BCUT2D eigenvalue weighted by Crippen LogP contribution is -1.94. The van der Waals surface area contributed by atoms with Crippen molar-refractivity contribution in [3.8, 4) is 0 Å². The zero-order valence-electron chi connectivity index (χ0n) is 8.14. The highest BCUT2D eigenvalue weighted by Gasteiger charge is 2.06. The topological polar surface area (TPSA) is 47.3 Å². The van der Waals surface area contributed by atoms with Crippen LogP contribution in [0.2, 0.25) is 0 Å². The van der Waals surface area contributed by atoms with Gasteiger partial charge in [-0.05, 0) is 5.92 Å². The number of aldehydes is 1. The number of carbonyl (C=O) groups excluding carboxylic acids is 1. The molecule has 0 bridgehead atoms. The number of carbonyl (C=O) groups is 1. The first-order valence-electron chi connectivity index (χ1n) is 4.51. The van der Waals surface area contributed by atoms with Gasteiger partial charge in [0, 0.05) is 18.5 Å². The first kappa shape index (κ1) is 8.87. The minimum atomic E-state index is 0.372. The summed E-state index contributed by atoms with van der Waals surface area (Å²) in [5, 5.41) is 4.32. The Hall–Kier alpha value is -1.71. The van der Waals surface area contributed by atoms with Crippen LogP contribution >= 0.6 is 0 Å². The van der Waals surface area contributed by atoms with E-state index in [-0.39, 0.29) is 0 Å². The van der Waals surface area contributed by atoms with Crippen LogP contribution in [0.1, 0.15) is 35.8 Å². The molecule has 0 fully saturated rings. The van der Waals surface area contributed by atoms with Crippen LogP contribution in [0.4, 0.5) is 0 Å². The highest BCUT2D eigenvalue weighted by atomic mass is 16.1. The molecule has 4 heteroatoms. The lowest BCUT2D eigenvalue weighted by Gasteiger charge is -1.95. The molecule has 0 radical (unpaired) electrons. The standard InChI is InChI=1S/C10H11N3O/c1-7(2)9-3-10-11-4-8(6-14)5-13(10)12-9/h3-7H,1-2H3. The molecule has 0 N–H and O–H groups in total. The Morgan fingerprint density at radius 3 is 2.93 bits per heavy atom. The molecule has 0 aromatic carbocycles. The van der Waals surface area contributed by atoms with E-state index in [1.54, 1.807) is 16.9 Å². The largest absolute Gasteiger partial charge is 0.298 e. The molecule has 2 rings (SSSR count). The van der Waals surface area contributed by atoms with Crippen LogP contribution in [0.3, 0.4) is 0 Å². The normalized spacial score (nSPS) is 11.1. The summed E-state index contributed by atoms with van der Waals surface area (Å²) in [7, 11) is 0. The lowest BCUT2D eigenvalue weighted by atomic mass is 10.1. The quantitative estimate of drug-likeness (QED) is 0.675. The van der Waals surface area contributed by atoms with Gasteiger partial charge in [-0.15, -0.1) is 0 Å². The summed E-state index contributed by atoms with van der Waals surface area (Å²) >= 11 is 0. The fourth-order valence-electron chi connectivity index (χ4n) is 1.25. The number of fused-ring (bicyclic) bond motifs is 1. The van der Waals surface area contributed by atoms with Crippen LogP contribution < -0.4 is 0 Å². The van der Waals surface area contributed by atoms with E-state index in [0.29, 0.717) is 11.5 Å². The third-order valence-corrected chi connectivity index (χ3v) is 2.08. The van der Waals surface area contributed by atoms with E-state index in [1.807, 2.05) is 6.07 Å². The maximum atomic E-state index is 10.5. The zero-order chi connectivity index (χ0) is 10.1. The third-order valence-electron chi connectivity index (χ3n) is 2.08. The Kier molecular flexibility index (Phi) is 2.04. The molecule has 0 aliphatic rings. The highest BCUT2D eigenvalue weighted by Crippen LogP contribution is 2.13. The predicted octanol–water partition coefficient (Wildman–Crippen LogP) is 1.67. The highest BCUT2D eigenvalue weighted by molar-refractivity contribution is 5.73. The molecular formula is C10H11N3O. The fraction of sp³-hybridized carbons (Fsp3) is 0.300. The van der Waals surface area contributed by atoms with Crippen molar-refractivity contribution in [1.82, 2.24) is 14.6 Å². The van der Waals surface area contributed by atoms with Crippen LogP contribution in [0.15, 0.2) is 18.5 Å². The summed E-state index contributed by atoms with van der Waals surface area (Å²) in [5.41, 5.74) is 2.30. The Morgan fingerprint density at radius 2 is 2.29 bits per heavy atom. The van der Waals surface area contributed by atoms with Gasteiger partial charge in [0.1, 0.15) is 0 Å². The average molecular weight is 189 g/mol. The SMILES string of the molecule is CC(C)c1cc2ncc(C=O)cn2n1. The fourth-order valence-corrected chi connectivity index (χ4v) is 1.25. The van der Waals surface area contributed by atoms with Crippen molar-refractivity contribution in [2.45, 2.75) is 19.8 Å². The number of rotatable bonds is 2. The van der Waals surface area contributed by atoms with Crippen molar-refractivity contribution in [2.75, 3.05) is 0 Å². The van der Waals surface area contributed by atoms with Crippen molar-refractivity contribution in [1.29, 1.82) is 0 Å². The second-order valence-electron chi connectivity index (χ2n) is 3.53. The van der Waals surface area contributed by atoms with E-state index >= 15 is 0 Å². The van der Waals surface area contributed by atoms with Crippen molar-refractivity contribution in [3.63, 3.8) is 0 Å². The molecule has 0 saturated heterocycles. The van der Waals surface area contributed by atoms with Gasteiger partial charge >= 0.3 is 0 Å². The molecule has 0 atom stereocenters. The Morgan fingerprint density at radius 1 is 1.50 bits per heavy atom. The van der Waals surface area contributed by atoms with E-state index in [0.717, 1.165) is 17.6 Å². The summed E-state index contributed by atoms with van der Waals surface area (Å²) in [6.45, 7) is 4.14. The van der Waals surface area contributed by atoms with Crippen molar-refractivity contribution < 1.29 is 4.79 Å². The monoisotopic (exact) mass is 189 g/mol. The summed E-state index contributed by atoms with van der Waals surface area (Å²) in [5.74, 6) is 0.372. The van der Waals surface area contributed by atoms with E-state index in [2.05, 4.69) is 23.9 Å². The predicted molar refractivity (Wildman–Crippen MR) is 52.5 cm³/mol. The van der Waals surface area contributed by atoms with Crippen molar-refractivity contribution >= 4 is 11.9 Å². The van der Waals surface area contributed by atoms with Crippen LogP contribution in [-0.4, -0.2) is 20.9 Å². The maximum Gasteiger partial charge on any atom is 0.155 e. The van der Waals surface area contributed by atoms with Crippen LogP contribution in [0.5, 0.6) is 0 Å². The molecule has 0 saturated carbocycles. The number of hydrogen-bond donors (Lipinski definition) is 0. The summed E-state index contributed by atoms with van der Waals surface area (Å²) < 4.78 is 1.64. The average Bonchev–Trinajstić information content (AvgIpc) is 2.59. The molecule has 2 heterocycles. The van der Waals surface area contributed by atoms with Gasteiger partial charge < -0.3 is 0 Å². The van der Waals surface area contributed by atoms with Crippen LogP contribution in [0, 0.1) is 0 Å². The molecule has 4 nitrogen and oxygen atoms in total. The van der Waals surface area contributed by atoms with Gasteiger partial charge in [0.2, 0.25) is 0 Å². The minimum Gasteiger partial charge on any atom is -0.298 e. The number of aromatic nitrogens is 3. The second-order valence-corrected chi connectivity index (χ2v) is 3.53. The van der Waals surface area contributed by atoms with Gasteiger partial charge in [-0.3, -0.25) is 4.79 Å². The van der Waals surface area contributed by atoms with Gasteiger partial charge in [0.15, 0.2) is 11.9 Å². The molecule has 2 aromatic rings. The molecule has 0 aliphatic carbocycles. The Balaban J connectivity index is 2.59. The summed E-state index contributed by atoms with van der Waals surface area (Å²) in [6, 6.07) is 1.93. The molecule has 0 spiro atoms. The molecule has 0 unspecified atom stereocenters. The Labute approximate surface area is 81.6 Å². The van der Waals surface area contributed by atoms with Crippen LogP contribution in [0.25, 0.3) is 5.65 Å².